The van der Waals surface area contributed by atoms with Crippen LogP contribution in [0.2, 0.25) is 0 Å². The van der Waals surface area contributed by atoms with E-state index in [4.69, 9.17) is 14.1 Å². The van der Waals surface area contributed by atoms with Crippen molar-refractivity contribution >= 4 is 56.5 Å². The Morgan fingerprint density at radius 2 is 1.37 bits per heavy atom. The number of nitrogens with one attached hydrogen (secondary N) is 1. The van der Waals surface area contributed by atoms with E-state index in [-0.39, 0.29) is 12.0 Å². The second-order valence-electron chi connectivity index (χ2n) is 14.1. The van der Waals surface area contributed by atoms with E-state index >= 15 is 0 Å². The van der Waals surface area contributed by atoms with Gasteiger partial charge in [-0.1, -0.05) is 109 Å². The zero-order valence-corrected chi connectivity index (χ0v) is 28.5. The van der Waals surface area contributed by atoms with Gasteiger partial charge in [-0.2, -0.15) is 0 Å². The molecule has 0 radical (unpaired) electrons. The molecule has 0 saturated carbocycles. The number of furan rings is 1. The van der Waals surface area contributed by atoms with Crippen LogP contribution >= 0.6 is 0 Å². The summed E-state index contributed by atoms with van der Waals surface area (Å²) in [7, 11) is 0. The molecular weight excluding hydrogens is 639 g/mol. The van der Waals surface area contributed by atoms with E-state index in [9.17, 15) is 0 Å². The van der Waals surface area contributed by atoms with E-state index < -0.39 is 5.54 Å². The zero-order valence-electron chi connectivity index (χ0n) is 28.5. The highest BCUT2D eigenvalue weighted by molar-refractivity contribution is 6.09. The summed E-state index contributed by atoms with van der Waals surface area (Å²) in [6, 6.07) is 51.2. The SMILES string of the molecule is CC1(c2ccc3oc4c(c3c2)=CC2c3cc(-n5c6ccccc6c6ccccc65)ccc3OC2C=4)C=C(c2ccccc2)NC(c2ccccc2)=N1. The molecule has 3 aliphatic rings. The molecule has 5 heteroatoms. The quantitative estimate of drug-likeness (QED) is 0.203. The molecular formula is C47H33N3O2. The molecule has 8 aromatic rings. The topological polar surface area (TPSA) is 51.7 Å². The molecule has 52 heavy (non-hydrogen) atoms. The molecule has 6 aromatic carbocycles. The van der Waals surface area contributed by atoms with Gasteiger partial charge in [0.05, 0.1) is 11.0 Å². The first-order valence-corrected chi connectivity index (χ1v) is 17.9. The van der Waals surface area contributed by atoms with Gasteiger partial charge in [-0.25, -0.2) is 0 Å². The number of aliphatic imine (C=N–C) groups is 1. The molecule has 3 atom stereocenters. The van der Waals surface area contributed by atoms with E-state index in [1.165, 1.54) is 27.4 Å². The molecule has 2 aliphatic heterocycles. The fraction of sp³-hybridized carbons (Fsp3) is 0.0851. The Kier molecular flexibility index (Phi) is 6.14. The van der Waals surface area contributed by atoms with Gasteiger partial charge in [0.1, 0.15) is 34.2 Å². The van der Waals surface area contributed by atoms with Crippen molar-refractivity contribution in [2.75, 3.05) is 0 Å². The van der Waals surface area contributed by atoms with Crippen molar-refractivity contribution in [2.45, 2.75) is 24.5 Å². The van der Waals surface area contributed by atoms with Gasteiger partial charge < -0.3 is 19.0 Å². The van der Waals surface area contributed by atoms with Gasteiger partial charge in [0.15, 0.2) is 0 Å². The highest BCUT2D eigenvalue weighted by Gasteiger charge is 2.35. The number of amidine groups is 1. The van der Waals surface area contributed by atoms with Gasteiger partial charge in [0, 0.05) is 55.9 Å². The summed E-state index contributed by atoms with van der Waals surface area (Å²) >= 11 is 0. The van der Waals surface area contributed by atoms with Gasteiger partial charge in [-0.3, -0.25) is 4.99 Å². The van der Waals surface area contributed by atoms with E-state index in [0.717, 1.165) is 61.3 Å². The first kappa shape index (κ1) is 29.2. The fourth-order valence-corrected chi connectivity index (χ4v) is 8.43. The van der Waals surface area contributed by atoms with E-state index in [0.29, 0.717) is 0 Å². The average molecular weight is 672 g/mol. The number of fused-ring (bicyclic) bond motifs is 9. The minimum Gasteiger partial charge on any atom is -0.485 e. The molecule has 3 unspecified atom stereocenters. The number of para-hydroxylation sites is 2. The summed E-state index contributed by atoms with van der Waals surface area (Å²) < 4.78 is 15.4. The number of aromatic nitrogens is 1. The van der Waals surface area contributed by atoms with Crippen LogP contribution in [0.15, 0.2) is 161 Å². The highest BCUT2D eigenvalue weighted by atomic mass is 16.5. The maximum Gasteiger partial charge on any atom is 0.135 e. The molecule has 1 aliphatic carbocycles. The van der Waals surface area contributed by atoms with Crippen LogP contribution in [-0.4, -0.2) is 16.5 Å². The summed E-state index contributed by atoms with van der Waals surface area (Å²) in [6.45, 7) is 2.19. The number of hydrogen-bond donors (Lipinski definition) is 1. The monoisotopic (exact) mass is 671 g/mol. The first-order chi connectivity index (χ1) is 25.6. The lowest BCUT2D eigenvalue weighted by molar-refractivity contribution is 0.286. The summed E-state index contributed by atoms with van der Waals surface area (Å²) in [4.78, 5) is 5.35. The van der Waals surface area contributed by atoms with Crippen LogP contribution in [0, 0.1) is 0 Å². The zero-order chi connectivity index (χ0) is 34.4. The first-order valence-electron chi connectivity index (χ1n) is 17.9. The smallest absolute Gasteiger partial charge is 0.135 e. The van der Waals surface area contributed by atoms with E-state index in [2.05, 4.69) is 168 Å². The Morgan fingerprint density at radius 3 is 2.12 bits per heavy atom. The number of hydrogen-bond acceptors (Lipinski definition) is 4. The van der Waals surface area contributed by atoms with Crippen molar-refractivity contribution in [1.82, 2.24) is 9.88 Å². The van der Waals surface area contributed by atoms with Crippen LogP contribution in [-0.2, 0) is 5.54 Å². The molecule has 248 valence electrons. The van der Waals surface area contributed by atoms with Crippen molar-refractivity contribution in [1.29, 1.82) is 0 Å². The predicted molar refractivity (Wildman–Crippen MR) is 210 cm³/mol. The number of rotatable bonds is 4. The van der Waals surface area contributed by atoms with Crippen LogP contribution < -0.4 is 20.7 Å². The van der Waals surface area contributed by atoms with Gasteiger partial charge >= 0.3 is 0 Å². The normalized spacial score (nSPS) is 20.2. The number of benzene rings is 6. The summed E-state index contributed by atoms with van der Waals surface area (Å²) in [6.07, 6.45) is 6.62. The molecule has 0 fully saturated rings. The molecule has 11 rings (SSSR count). The maximum atomic E-state index is 6.57. The van der Waals surface area contributed by atoms with E-state index in [1.54, 1.807) is 0 Å². The van der Waals surface area contributed by atoms with Crippen molar-refractivity contribution in [3.8, 4) is 11.4 Å². The minimum atomic E-state index is -0.624. The third-order valence-electron chi connectivity index (χ3n) is 11.0. The van der Waals surface area contributed by atoms with Crippen LogP contribution in [0.4, 0.5) is 0 Å². The van der Waals surface area contributed by atoms with Crippen molar-refractivity contribution in [3.63, 3.8) is 0 Å². The summed E-state index contributed by atoms with van der Waals surface area (Å²) in [5.41, 5.74) is 10.1. The Hall–Kier alpha value is -6.59. The molecule has 0 amide bonds. The molecule has 1 N–H and O–H groups in total. The lowest BCUT2D eigenvalue weighted by Gasteiger charge is -2.31. The van der Waals surface area contributed by atoms with Gasteiger partial charge in [-0.05, 0) is 66.6 Å². The van der Waals surface area contributed by atoms with Crippen LogP contribution in [0.3, 0.4) is 0 Å². The molecule has 0 saturated heterocycles. The number of ether oxygens (including phenoxy) is 1. The van der Waals surface area contributed by atoms with Gasteiger partial charge in [-0.15, -0.1) is 0 Å². The number of nitrogens with zero attached hydrogens (tertiary/aromatic N) is 2. The Morgan fingerprint density at radius 1 is 0.673 bits per heavy atom. The van der Waals surface area contributed by atoms with Crippen LogP contribution in [0.25, 0.3) is 56.3 Å². The second kappa shape index (κ2) is 11.0. The Bertz CT molecular complexity index is 2820. The lowest BCUT2D eigenvalue weighted by Crippen LogP contribution is -2.34. The molecule has 4 heterocycles. The predicted octanol–water partition coefficient (Wildman–Crippen LogP) is 8.96. The third-order valence-corrected chi connectivity index (χ3v) is 11.0. The van der Waals surface area contributed by atoms with Gasteiger partial charge in [0.25, 0.3) is 0 Å². The standard InChI is InChI=1S/C47H33N3O2/c1-47(28-39(29-12-4-2-5-13-29)48-46(49-47)30-14-6-3-7-15-30)31-20-22-42-35(24-31)37-26-38-36-25-32(21-23-43(36)52-45(38)27-44(37)51-42)50-40-18-10-8-16-33(40)34-17-9-11-19-41(34)50/h2-28,38,45H,1H3,(H,48,49). The minimum absolute atomic E-state index is 0.0572. The van der Waals surface area contributed by atoms with E-state index in [1.807, 2.05) is 12.1 Å². The van der Waals surface area contributed by atoms with Crippen LogP contribution in [0.1, 0.15) is 35.1 Å². The second-order valence-corrected chi connectivity index (χ2v) is 14.1. The fourth-order valence-electron chi connectivity index (χ4n) is 8.43. The molecule has 0 spiro atoms. The van der Waals surface area contributed by atoms with Crippen molar-refractivity contribution in [3.05, 3.63) is 185 Å². The van der Waals surface area contributed by atoms with Crippen molar-refractivity contribution in [2.24, 2.45) is 4.99 Å². The molecule has 2 aromatic heterocycles. The largest absolute Gasteiger partial charge is 0.485 e. The Labute approximate surface area is 300 Å². The maximum absolute atomic E-state index is 6.57. The Balaban J connectivity index is 1.04. The summed E-state index contributed by atoms with van der Waals surface area (Å²) in [5.74, 6) is 1.83. The molecule has 0 bridgehead atoms. The van der Waals surface area contributed by atoms with Crippen LogP contribution in [0.5, 0.6) is 5.75 Å². The summed E-state index contributed by atoms with van der Waals surface area (Å²) in [5, 5.41) is 8.32. The average Bonchev–Trinajstić information content (AvgIpc) is 3.85. The van der Waals surface area contributed by atoms with Crippen molar-refractivity contribution < 1.29 is 9.15 Å². The highest BCUT2D eigenvalue weighted by Crippen LogP contribution is 2.43. The lowest BCUT2D eigenvalue weighted by atomic mass is 9.87. The van der Waals surface area contributed by atoms with Gasteiger partial charge in [0.2, 0.25) is 0 Å². The third kappa shape index (κ3) is 4.39. The molecule has 5 nitrogen and oxygen atoms in total.